The third-order valence-corrected chi connectivity index (χ3v) is 4.17. The predicted octanol–water partition coefficient (Wildman–Crippen LogP) is 3.87. The number of carbonyl (C=O) groups is 1. The van der Waals surface area contributed by atoms with Gasteiger partial charge < -0.3 is 5.32 Å². The van der Waals surface area contributed by atoms with Crippen LogP contribution in [0.25, 0.3) is 0 Å². The lowest BCUT2D eigenvalue weighted by molar-refractivity contribution is 0.0949. The van der Waals surface area contributed by atoms with Crippen molar-refractivity contribution < 1.29 is 9.18 Å². The minimum Gasteiger partial charge on any atom is -0.349 e. The molecule has 0 spiro atoms. The number of benzene rings is 2. The second-order valence-corrected chi connectivity index (χ2v) is 5.81. The van der Waals surface area contributed by atoms with Gasteiger partial charge in [-0.1, -0.05) is 30.3 Å². The number of rotatable bonds is 3. The Morgan fingerprint density at radius 1 is 1.20 bits per heavy atom. The van der Waals surface area contributed by atoms with E-state index in [0.29, 0.717) is 16.0 Å². The molecule has 2 nitrogen and oxygen atoms in total. The number of carbonyl (C=O) groups excluding carboxylic acids is 1. The molecule has 2 atom stereocenters. The number of hydrogen-bond acceptors (Lipinski definition) is 1. The molecule has 0 aromatic heterocycles. The van der Waals surface area contributed by atoms with Crippen LogP contribution in [0.3, 0.4) is 0 Å². The Balaban J connectivity index is 1.66. The summed E-state index contributed by atoms with van der Waals surface area (Å²) in [6.07, 6.45) is 0.953. The summed E-state index contributed by atoms with van der Waals surface area (Å²) in [6, 6.07) is 14.4. The third kappa shape index (κ3) is 2.75. The maximum Gasteiger partial charge on any atom is 0.252 e. The third-order valence-electron chi connectivity index (χ3n) is 3.51. The maximum atomic E-state index is 13.0. The summed E-state index contributed by atoms with van der Waals surface area (Å²) in [5.74, 6) is -0.137. The number of nitrogens with one attached hydrogen (secondary N) is 1. The lowest BCUT2D eigenvalue weighted by Gasteiger charge is -2.07. The van der Waals surface area contributed by atoms with Crippen LogP contribution in [-0.4, -0.2) is 11.9 Å². The quantitative estimate of drug-likeness (QED) is 0.907. The Labute approximate surface area is 125 Å². The molecular formula is C16H13BrFNO. The number of halogens is 2. The molecule has 102 valence electrons. The van der Waals surface area contributed by atoms with Gasteiger partial charge in [-0.2, -0.15) is 0 Å². The van der Waals surface area contributed by atoms with Crippen LogP contribution in [0.4, 0.5) is 4.39 Å². The van der Waals surface area contributed by atoms with E-state index >= 15 is 0 Å². The van der Waals surface area contributed by atoms with Crippen LogP contribution in [0.15, 0.2) is 53.0 Å². The van der Waals surface area contributed by atoms with Gasteiger partial charge in [0.15, 0.2) is 0 Å². The maximum absolute atomic E-state index is 13.0. The van der Waals surface area contributed by atoms with Gasteiger partial charge in [0.25, 0.3) is 5.91 Å². The standard InChI is InChI=1S/C16H13BrFNO/c17-14-8-11(18)6-7-12(14)16(20)19-15-9-13(15)10-4-2-1-3-5-10/h1-8,13,15H,9H2,(H,19,20). The first-order valence-corrected chi connectivity index (χ1v) is 7.25. The Morgan fingerprint density at radius 2 is 1.95 bits per heavy atom. The zero-order valence-electron chi connectivity index (χ0n) is 10.6. The molecule has 1 fully saturated rings. The van der Waals surface area contributed by atoms with Gasteiger partial charge in [-0.25, -0.2) is 4.39 Å². The Bertz CT molecular complexity index is 644. The number of hydrogen-bond donors (Lipinski definition) is 1. The molecular weight excluding hydrogens is 321 g/mol. The first kappa shape index (κ1) is 13.3. The molecule has 20 heavy (non-hydrogen) atoms. The van der Waals surface area contributed by atoms with Gasteiger partial charge in [-0.05, 0) is 46.1 Å². The van der Waals surface area contributed by atoms with E-state index < -0.39 is 0 Å². The van der Waals surface area contributed by atoms with Crippen LogP contribution in [0.1, 0.15) is 28.3 Å². The summed E-state index contributed by atoms with van der Waals surface area (Å²) < 4.78 is 13.5. The monoisotopic (exact) mass is 333 g/mol. The van der Waals surface area contributed by atoms with E-state index in [1.807, 2.05) is 18.2 Å². The van der Waals surface area contributed by atoms with E-state index in [0.717, 1.165) is 6.42 Å². The van der Waals surface area contributed by atoms with Crippen molar-refractivity contribution in [1.82, 2.24) is 5.32 Å². The minimum absolute atomic E-state index is 0.166. The zero-order valence-corrected chi connectivity index (χ0v) is 12.2. The highest BCUT2D eigenvalue weighted by molar-refractivity contribution is 9.10. The highest BCUT2D eigenvalue weighted by atomic mass is 79.9. The van der Waals surface area contributed by atoms with E-state index in [1.54, 1.807) is 0 Å². The van der Waals surface area contributed by atoms with E-state index in [4.69, 9.17) is 0 Å². The molecule has 0 aliphatic heterocycles. The average Bonchev–Trinajstić information content (AvgIpc) is 3.18. The minimum atomic E-state index is -0.359. The van der Waals surface area contributed by atoms with E-state index in [1.165, 1.54) is 23.8 Å². The van der Waals surface area contributed by atoms with Crippen molar-refractivity contribution in [2.45, 2.75) is 18.4 Å². The smallest absolute Gasteiger partial charge is 0.252 e. The number of amides is 1. The van der Waals surface area contributed by atoms with Gasteiger partial charge in [-0.3, -0.25) is 4.79 Å². The fraction of sp³-hybridized carbons (Fsp3) is 0.188. The van der Waals surface area contributed by atoms with Crippen LogP contribution >= 0.6 is 15.9 Å². The Kier molecular flexibility index (Phi) is 3.57. The zero-order chi connectivity index (χ0) is 14.1. The molecule has 2 aromatic carbocycles. The van der Waals surface area contributed by atoms with Crippen molar-refractivity contribution >= 4 is 21.8 Å². The fourth-order valence-corrected chi connectivity index (χ4v) is 2.87. The van der Waals surface area contributed by atoms with Crippen molar-refractivity contribution in [2.24, 2.45) is 0 Å². The van der Waals surface area contributed by atoms with Gasteiger partial charge in [-0.15, -0.1) is 0 Å². The van der Waals surface area contributed by atoms with Crippen LogP contribution in [0, 0.1) is 5.82 Å². The Morgan fingerprint density at radius 3 is 2.65 bits per heavy atom. The summed E-state index contributed by atoms with van der Waals surface area (Å²) in [5, 5.41) is 2.99. The first-order valence-electron chi connectivity index (χ1n) is 6.46. The second kappa shape index (κ2) is 5.37. The molecule has 1 aliphatic rings. The molecule has 3 rings (SSSR count). The second-order valence-electron chi connectivity index (χ2n) is 4.96. The lowest BCUT2D eigenvalue weighted by Crippen LogP contribution is -2.26. The predicted molar refractivity (Wildman–Crippen MR) is 79.2 cm³/mol. The molecule has 0 saturated heterocycles. The SMILES string of the molecule is O=C(NC1CC1c1ccccc1)c1ccc(F)cc1Br. The summed E-state index contributed by atoms with van der Waals surface area (Å²) in [7, 11) is 0. The largest absolute Gasteiger partial charge is 0.349 e. The van der Waals surface area contributed by atoms with Gasteiger partial charge in [0.2, 0.25) is 0 Å². The molecule has 1 N–H and O–H groups in total. The molecule has 1 aliphatic carbocycles. The summed E-state index contributed by atoms with van der Waals surface area (Å²) in [4.78, 5) is 12.1. The van der Waals surface area contributed by atoms with Crippen molar-refractivity contribution in [3.8, 4) is 0 Å². The molecule has 2 unspecified atom stereocenters. The van der Waals surface area contributed by atoms with Crippen LogP contribution < -0.4 is 5.32 Å². The van der Waals surface area contributed by atoms with E-state index in [-0.39, 0.29) is 17.8 Å². The van der Waals surface area contributed by atoms with Crippen LogP contribution in [-0.2, 0) is 0 Å². The highest BCUT2D eigenvalue weighted by Crippen LogP contribution is 2.40. The van der Waals surface area contributed by atoms with Crippen molar-refractivity contribution in [1.29, 1.82) is 0 Å². The molecule has 0 radical (unpaired) electrons. The van der Waals surface area contributed by atoms with Crippen LogP contribution in [0.2, 0.25) is 0 Å². The molecule has 1 amide bonds. The Hall–Kier alpha value is -1.68. The van der Waals surface area contributed by atoms with Gasteiger partial charge in [0, 0.05) is 16.4 Å². The highest BCUT2D eigenvalue weighted by Gasteiger charge is 2.39. The normalized spacial score (nSPS) is 20.5. The summed E-state index contributed by atoms with van der Waals surface area (Å²) >= 11 is 3.22. The van der Waals surface area contributed by atoms with Crippen LogP contribution in [0.5, 0.6) is 0 Å². The average molecular weight is 334 g/mol. The van der Waals surface area contributed by atoms with E-state index in [2.05, 4.69) is 33.4 Å². The van der Waals surface area contributed by atoms with Crippen molar-refractivity contribution in [3.05, 3.63) is 69.9 Å². The fourth-order valence-electron chi connectivity index (χ4n) is 2.34. The summed E-state index contributed by atoms with van der Waals surface area (Å²) in [5.41, 5.74) is 1.71. The molecule has 0 heterocycles. The molecule has 2 aromatic rings. The topological polar surface area (TPSA) is 29.1 Å². The molecule has 1 saturated carbocycles. The van der Waals surface area contributed by atoms with Gasteiger partial charge in [0.1, 0.15) is 5.82 Å². The van der Waals surface area contributed by atoms with Crippen molar-refractivity contribution in [2.75, 3.05) is 0 Å². The molecule has 0 bridgehead atoms. The van der Waals surface area contributed by atoms with Gasteiger partial charge >= 0.3 is 0 Å². The molecule has 4 heteroatoms. The summed E-state index contributed by atoms with van der Waals surface area (Å²) in [6.45, 7) is 0. The lowest BCUT2D eigenvalue weighted by atomic mass is 10.1. The van der Waals surface area contributed by atoms with E-state index in [9.17, 15) is 9.18 Å². The first-order chi connectivity index (χ1) is 9.65. The van der Waals surface area contributed by atoms with Crippen molar-refractivity contribution in [3.63, 3.8) is 0 Å². The van der Waals surface area contributed by atoms with Gasteiger partial charge in [0.05, 0.1) is 5.56 Å².